The number of hydroxylamine groups is 2. The van der Waals surface area contributed by atoms with Crippen molar-refractivity contribution in [2.24, 2.45) is 0 Å². The second-order valence-corrected chi connectivity index (χ2v) is 9.04. The molecule has 1 spiro atoms. The van der Waals surface area contributed by atoms with Gasteiger partial charge in [-0.15, -0.1) is 4.28 Å². The number of carbonyl (C=O) groups is 1. The molecule has 0 radical (unpaired) electrons. The van der Waals surface area contributed by atoms with Crippen LogP contribution in [0.2, 0.25) is 0 Å². The first-order valence-corrected chi connectivity index (χ1v) is 10.1. The lowest BCUT2D eigenvalue weighted by Gasteiger charge is -2.40. The summed E-state index contributed by atoms with van der Waals surface area (Å²) in [4.78, 5) is 13.2. The van der Waals surface area contributed by atoms with E-state index >= 15 is 0 Å². The molecule has 2 heterocycles. The topological polar surface area (TPSA) is 82.1 Å². The molecule has 3 atom stereocenters. The Kier molecular flexibility index (Phi) is 3.57. The van der Waals surface area contributed by atoms with Crippen molar-refractivity contribution in [3.63, 3.8) is 0 Å². The average Bonchev–Trinajstić information content (AvgIpc) is 2.94. The van der Waals surface area contributed by atoms with E-state index in [-0.39, 0.29) is 24.7 Å². The minimum Gasteiger partial charge on any atom is -0.345 e. The Morgan fingerprint density at radius 1 is 1.16 bits per heavy atom. The second-order valence-electron chi connectivity index (χ2n) is 7.48. The monoisotopic (exact) mass is 367 g/mol. The molecule has 25 heavy (non-hydrogen) atoms. The van der Waals surface area contributed by atoms with Crippen molar-refractivity contribution in [2.75, 3.05) is 6.26 Å². The second kappa shape index (κ2) is 5.26. The zero-order valence-corrected chi connectivity index (χ0v) is 15.2. The summed E-state index contributed by atoms with van der Waals surface area (Å²) < 4.78 is 40.0. The van der Waals surface area contributed by atoms with E-state index in [9.17, 15) is 13.2 Å². The van der Waals surface area contributed by atoms with Crippen molar-refractivity contribution in [1.82, 2.24) is 5.06 Å². The number of hydrogen-bond acceptors (Lipinski definition) is 6. The highest BCUT2D eigenvalue weighted by Gasteiger charge is 2.60. The highest BCUT2D eigenvalue weighted by molar-refractivity contribution is 7.85. The van der Waals surface area contributed by atoms with Crippen LogP contribution in [-0.4, -0.2) is 43.6 Å². The lowest BCUT2D eigenvalue weighted by molar-refractivity contribution is -0.177. The van der Waals surface area contributed by atoms with Crippen LogP contribution in [0.1, 0.15) is 37.8 Å². The van der Waals surface area contributed by atoms with Crippen LogP contribution in [0, 0.1) is 0 Å². The number of fused-ring (bicyclic) bond motifs is 3. The van der Waals surface area contributed by atoms with Crippen LogP contribution >= 0.6 is 0 Å². The molecule has 1 aliphatic carbocycles. The van der Waals surface area contributed by atoms with E-state index in [2.05, 4.69) is 0 Å². The third-order valence-corrected chi connectivity index (χ3v) is 5.54. The summed E-state index contributed by atoms with van der Waals surface area (Å²) in [6.07, 6.45) is 1.42. The van der Waals surface area contributed by atoms with E-state index in [1.165, 1.54) is 0 Å². The van der Waals surface area contributed by atoms with Crippen LogP contribution in [0.25, 0.3) is 0 Å². The van der Waals surface area contributed by atoms with E-state index in [0.717, 1.165) is 22.4 Å². The van der Waals surface area contributed by atoms with Gasteiger partial charge in [-0.3, -0.25) is 4.79 Å². The summed E-state index contributed by atoms with van der Waals surface area (Å²) in [6.45, 7) is 3.81. The highest BCUT2D eigenvalue weighted by Crippen LogP contribution is 2.52. The average molecular weight is 367 g/mol. The van der Waals surface area contributed by atoms with Gasteiger partial charge >= 0.3 is 0 Å². The van der Waals surface area contributed by atoms with Crippen molar-refractivity contribution >= 4 is 16.0 Å². The highest BCUT2D eigenvalue weighted by atomic mass is 32.2. The van der Waals surface area contributed by atoms with Crippen LogP contribution in [-0.2, 0) is 40.6 Å². The standard InChI is InChI=1S/C17H21NO6S/c1-16(2)22-13-8-17(9-14(13)23-16)12-7-5-4-6-11(12)10-18(15(17)19)24-25(3,20)21/h4-7,13-14H,8-10H2,1-3H3/t13-,14+,17?. The maximum absolute atomic E-state index is 13.2. The molecule has 136 valence electrons. The smallest absolute Gasteiger partial charge is 0.285 e. The fourth-order valence-electron chi connectivity index (χ4n) is 4.35. The van der Waals surface area contributed by atoms with Gasteiger partial charge in [-0.05, 0) is 37.8 Å². The first-order chi connectivity index (χ1) is 11.6. The van der Waals surface area contributed by atoms with Gasteiger partial charge in [-0.2, -0.15) is 13.5 Å². The lowest BCUT2D eigenvalue weighted by atomic mass is 9.73. The summed E-state index contributed by atoms with van der Waals surface area (Å²) in [7, 11) is -3.80. The first kappa shape index (κ1) is 17.0. The minimum absolute atomic E-state index is 0.104. The van der Waals surface area contributed by atoms with Gasteiger partial charge < -0.3 is 9.47 Å². The Balaban J connectivity index is 1.75. The Morgan fingerprint density at radius 3 is 2.36 bits per heavy atom. The van der Waals surface area contributed by atoms with Crippen LogP contribution in [0.15, 0.2) is 24.3 Å². The molecule has 0 bridgehead atoms. The van der Waals surface area contributed by atoms with Gasteiger partial charge in [0, 0.05) is 0 Å². The molecule has 8 heteroatoms. The Labute approximate surface area is 146 Å². The van der Waals surface area contributed by atoms with Gasteiger partial charge in [0.15, 0.2) is 5.79 Å². The maximum Gasteiger partial charge on any atom is 0.285 e. The molecule has 1 aromatic rings. The lowest BCUT2D eigenvalue weighted by Crippen LogP contribution is -2.51. The number of amides is 1. The van der Waals surface area contributed by atoms with Crippen molar-refractivity contribution < 1.29 is 27.0 Å². The number of rotatable bonds is 2. The molecular weight excluding hydrogens is 346 g/mol. The number of benzene rings is 1. The summed E-state index contributed by atoms with van der Waals surface area (Å²) >= 11 is 0. The van der Waals surface area contributed by atoms with Crippen LogP contribution in [0.4, 0.5) is 0 Å². The van der Waals surface area contributed by atoms with Crippen molar-refractivity contribution in [1.29, 1.82) is 0 Å². The van der Waals surface area contributed by atoms with Gasteiger partial charge in [0.2, 0.25) is 0 Å². The van der Waals surface area contributed by atoms with Gasteiger partial charge in [-0.1, -0.05) is 24.3 Å². The molecule has 1 saturated carbocycles. The molecule has 1 saturated heterocycles. The maximum atomic E-state index is 13.2. The van der Waals surface area contributed by atoms with E-state index in [0.29, 0.717) is 12.8 Å². The van der Waals surface area contributed by atoms with Crippen molar-refractivity contribution in [2.45, 2.75) is 56.6 Å². The van der Waals surface area contributed by atoms with Crippen molar-refractivity contribution in [3.8, 4) is 0 Å². The third kappa shape index (κ3) is 2.77. The summed E-state index contributed by atoms with van der Waals surface area (Å²) in [5.41, 5.74) is 0.906. The summed E-state index contributed by atoms with van der Waals surface area (Å²) in [5, 5.41) is 0.962. The largest absolute Gasteiger partial charge is 0.345 e. The molecule has 7 nitrogen and oxygen atoms in total. The zero-order chi connectivity index (χ0) is 18.0. The van der Waals surface area contributed by atoms with Gasteiger partial charge in [0.25, 0.3) is 16.0 Å². The number of hydrogen-bond donors (Lipinski definition) is 0. The predicted octanol–water partition coefficient (Wildman–Crippen LogP) is 1.47. The predicted molar refractivity (Wildman–Crippen MR) is 87.7 cm³/mol. The third-order valence-electron chi connectivity index (χ3n) is 5.09. The van der Waals surface area contributed by atoms with Crippen molar-refractivity contribution in [3.05, 3.63) is 35.4 Å². The van der Waals surface area contributed by atoms with Crippen LogP contribution < -0.4 is 0 Å². The molecule has 1 aromatic carbocycles. The molecule has 2 fully saturated rings. The van der Waals surface area contributed by atoms with Gasteiger partial charge in [-0.25, -0.2) is 0 Å². The molecule has 2 aliphatic heterocycles. The SMILES string of the molecule is CC1(C)O[C@H]2CC3(C[C@H]2O1)C(=O)N(OS(C)(=O)=O)Cc1ccccc13. The van der Waals surface area contributed by atoms with Crippen LogP contribution in [0.5, 0.6) is 0 Å². The quantitative estimate of drug-likeness (QED) is 0.787. The van der Waals surface area contributed by atoms with E-state index in [4.69, 9.17) is 13.8 Å². The zero-order valence-electron chi connectivity index (χ0n) is 14.4. The molecule has 0 N–H and O–H groups in total. The Morgan fingerprint density at radius 2 is 1.76 bits per heavy atom. The molecular formula is C17H21NO6S. The van der Waals surface area contributed by atoms with E-state index < -0.39 is 21.3 Å². The molecule has 1 amide bonds. The van der Waals surface area contributed by atoms with Gasteiger partial charge in [0.05, 0.1) is 30.4 Å². The fourth-order valence-corrected chi connectivity index (χ4v) is 4.80. The molecule has 0 aromatic heterocycles. The Bertz CT molecular complexity index is 817. The molecule has 3 aliphatic rings. The first-order valence-electron chi connectivity index (χ1n) is 8.25. The normalized spacial score (nSPS) is 33.6. The number of ether oxygens (including phenoxy) is 2. The van der Waals surface area contributed by atoms with Gasteiger partial charge in [0.1, 0.15) is 0 Å². The Hall–Kier alpha value is -1.48. The summed E-state index contributed by atoms with van der Waals surface area (Å²) in [6, 6.07) is 7.58. The van der Waals surface area contributed by atoms with E-state index in [1.807, 2.05) is 38.1 Å². The number of carbonyl (C=O) groups excluding carboxylic acids is 1. The minimum atomic E-state index is -3.80. The summed E-state index contributed by atoms with van der Waals surface area (Å²) in [5.74, 6) is -1.02. The number of nitrogens with zero attached hydrogens (tertiary/aromatic N) is 1. The molecule has 1 unspecified atom stereocenters. The van der Waals surface area contributed by atoms with Crippen LogP contribution in [0.3, 0.4) is 0 Å². The fraction of sp³-hybridized carbons (Fsp3) is 0.588. The van der Waals surface area contributed by atoms with E-state index in [1.54, 1.807) is 0 Å². The molecule has 4 rings (SSSR count).